The normalized spacial score (nSPS) is 11.6. The predicted molar refractivity (Wildman–Crippen MR) is 156 cm³/mol. The first kappa shape index (κ1) is 27.1. The van der Waals surface area contributed by atoms with Gasteiger partial charge >= 0.3 is 11.4 Å². The van der Waals surface area contributed by atoms with E-state index in [9.17, 15) is 14.4 Å². The highest BCUT2D eigenvalue weighted by Gasteiger charge is 2.19. The lowest BCUT2D eigenvalue weighted by Gasteiger charge is -2.16. The molecule has 0 saturated heterocycles. The number of carbonyl (C=O) groups excluding carboxylic acids is 1. The Kier molecular flexibility index (Phi) is 8.04. The SMILES string of the molecule is N#Cc1cccc(C[C@@H](NCc2cccc(Cn3c(=O)n(-c4ccccc4)n(-c4ccccc4)c3=O)c2)C(N)=O)c1. The molecule has 3 N–H and O–H groups in total. The van der Waals surface area contributed by atoms with Gasteiger partial charge < -0.3 is 11.1 Å². The Labute approximate surface area is 236 Å². The molecule has 0 unspecified atom stereocenters. The van der Waals surface area contributed by atoms with Gasteiger partial charge in [0.1, 0.15) is 0 Å². The van der Waals surface area contributed by atoms with Gasteiger partial charge in [-0.15, -0.1) is 0 Å². The van der Waals surface area contributed by atoms with Crippen LogP contribution in [0.2, 0.25) is 0 Å². The van der Waals surface area contributed by atoms with Gasteiger partial charge in [0.15, 0.2) is 0 Å². The second-order valence-electron chi connectivity index (χ2n) is 9.62. The monoisotopic (exact) mass is 544 g/mol. The molecule has 4 aromatic carbocycles. The largest absolute Gasteiger partial charge is 0.368 e. The number of nitriles is 1. The van der Waals surface area contributed by atoms with E-state index in [1.54, 1.807) is 42.5 Å². The Bertz CT molecular complexity index is 1760. The fourth-order valence-electron chi connectivity index (χ4n) is 4.75. The number of amides is 1. The zero-order valence-corrected chi connectivity index (χ0v) is 22.2. The van der Waals surface area contributed by atoms with E-state index < -0.39 is 23.3 Å². The molecule has 1 heterocycles. The molecule has 1 amide bonds. The van der Waals surface area contributed by atoms with Crippen LogP contribution >= 0.6 is 0 Å². The first-order valence-electron chi connectivity index (χ1n) is 13.1. The van der Waals surface area contributed by atoms with Gasteiger partial charge in [0.05, 0.1) is 35.6 Å². The third kappa shape index (κ3) is 6.08. The standard InChI is InChI=1S/C32H28N6O3/c33-20-24-10-7-9-23(17-24)19-29(30(34)39)35-21-25-11-8-12-26(18-25)22-36-31(40)37(27-13-3-1-4-14-27)38(32(36)41)28-15-5-2-6-16-28/h1-18,29,35H,19,21-22H2,(H2,34,39)/t29-/m1/s1. The third-order valence-corrected chi connectivity index (χ3v) is 6.75. The molecule has 1 atom stereocenters. The van der Waals surface area contributed by atoms with Crippen molar-refractivity contribution in [3.63, 3.8) is 0 Å². The minimum Gasteiger partial charge on any atom is -0.368 e. The Morgan fingerprint density at radius 3 is 1.90 bits per heavy atom. The number of nitrogens with one attached hydrogen (secondary N) is 1. The summed E-state index contributed by atoms with van der Waals surface area (Å²) in [7, 11) is 0. The second kappa shape index (κ2) is 12.2. The molecule has 5 aromatic rings. The summed E-state index contributed by atoms with van der Waals surface area (Å²) in [6.45, 7) is 0.409. The highest BCUT2D eigenvalue weighted by Crippen LogP contribution is 2.12. The van der Waals surface area contributed by atoms with E-state index in [1.165, 1.54) is 13.9 Å². The van der Waals surface area contributed by atoms with Crippen LogP contribution in [0.4, 0.5) is 0 Å². The maximum atomic E-state index is 13.6. The van der Waals surface area contributed by atoms with Gasteiger partial charge in [-0.2, -0.15) is 14.6 Å². The van der Waals surface area contributed by atoms with Gasteiger partial charge in [-0.3, -0.25) is 4.79 Å². The number of nitrogens with two attached hydrogens (primary N) is 1. The smallest absolute Gasteiger partial charge is 0.352 e. The average Bonchev–Trinajstić information content (AvgIpc) is 3.25. The molecule has 5 rings (SSSR count). The molecule has 0 saturated carbocycles. The van der Waals surface area contributed by atoms with Crippen molar-refractivity contribution in [2.24, 2.45) is 5.73 Å². The molecule has 0 aliphatic heterocycles. The molecule has 0 fully saturated rings. The van der Waals surface area contributed by atoms with Gasteiger partial charge in [0.2, 0.25) is 5.91 Å². The van der Waals surface area contributed by atoms with E-state index in [2.05, 4.69) is 11.4 Å². The molecule has 9 nitrogen and oxygen atoms in total. The lowest BCUT2D eigenvalue weighted by Crippen LogP contribution is -2.42. The average molecular weight is 545 g/mol. The molecule has 0 aliphatic rings. The van der Waals surface area contributed by atoms with Crippen LogP contribution in [0.1, 0.15) is 22.3 Å². The summed E-state index contributed by atoms with van der Waals surface area (Å²) in [5.74, 6) is -0.501. The molecule has 0 bridgehead atoms. The number of hydrogen-bond acceptors (Lipinski definition) is 5. The summed E-state index contributed by atoms with van der Waals surface area (Å²) >= 11 is 0. The first-order valence-corrected chi connectivity index (χ1v) is 13.1. The number of carbonyl (C=O) groups is 1. The molecule has 0 radical (unpaired) electrons. The van der Waals surface area contributed by atoms with Crippen LogP contribution in [-0.4, -0.2) is 25.9 Å². The van der Waals surface area contributed by atoms with Crippen molar-refractivity contribution in [2.75, 3.05) is 0 Å². The molecule has 9 heteroatoms. The van der Waals surface area contributed by atoms with Crippen LogP contribution in [0.15, 0.2) is 119 Å². The van der Waals surface area contributed by atoms with Gasteiger partial charge in [-0.05, 0) is 59.5 Å². The van der Waals surface area contributed by atoms with Crippen molar-refractivity contribution < 1.29 is 4.79 Å². The zero-order valence-electron chi connectivity index (χ0n) is 22.2. The molecule has 204 valence electrons. The predicted octanol–water partition coefficient (Wildman–Crippen LogP) is 2.90. The molecule has 41 heavy (non-hydrogen) atoms. The van der Waals surface area contributed by atoms with Crippen LogP contribution in [-0.2, 0) is 24.3 Å². The van der Waals surface area contributed by atoms with Crippen LogP contribution in [0.25, 0.3) is 11.4 Å². The van der Waals surface area contributed by atoms with Crippen molar-refractivity contribution in [2.45, 2.75) is 25.6 Å². The van der Waals surface area contributed by atoms with Crippen molar-refractivity contribution in [1.29, 1.82) is 5.26 Å². The van der Waals surface area contributed by atoms with Gasteiger partial charge in [-0.25, -0.2) is 14.2 Å². The van der Waals surface area contributed by atoms with Gasteiger partial charge in [-0.1, -0.05) is 72.8 Å². The molecule has 0 spiro atoms. The van der Waals surface area contributed by atoms with Crippen LogP contribution < -0.4 is 22.4 Å². The van der Waals surface area contributed by atoms with E-state index in [1.807, 2.05) is 66.7 Å². The van der Waals surface area contributed by atoms with E-state index in [0.717, 1.165) is 16.7 Å². The number of nitrogens with zero attached hydrogens (tertiary/aromatic N) is 4. The minimum atomic E-state index is -0.645. The number of aromatic nitrogens is 3. The first-order chi connectivity index (χ1) is 19.9. The maximum Gasteiger partial charge on any atom is 0.352 e. The van der Waals surface area contributed by atoms with E-state index in [-0.39, 0.29) is 6.54 Å². The Morgan fingerprint density at radius 1 is 0.756 bits per heavy atom. The van der Waals surface area contributed by atoms with E-state index in [0.29, 0.717) is 29.9 Å². The minimum absolute atomic E-state index is 0.0678. The number of benzene rings is 4. The quantitative estimate of drug-likeness (QED) is 0.280. The van der Waals surface area contributed by atoms with Crippen LogP contribution in [0, 0.1) is 11.3 Å². The van der Waals surface area contributed by atoms with Gasteiger partial charge in [0, 0.05) is 6.54 Å². The van der Waals surface area contributed by atoms with Crippen molar-refractivity contribution >= 4 is 5.91 Å². The maximum absolute atomic E-state index is 13.6. The highest BCUT2D eigenvalue weighted by atomic mass is 16.2. The molecule has 0 aliphatic carbocycles. The lowest BCUT2D eigenvalue weighted by atomic mass is 10.0. The highest BCUT2D eigenvalue weighted by molar-refractivity contribution is 5.80. The third-order valence-electron chi connectivity index (χ3n) is 6.75. The number of primary amides is 1. The number of rotatable bonds is 10. The van der Waals surface area contributed by atoms with E-state index in [4.69, 9.17) is 11.0 Å². The molecule has 1 aromatic heterocycles. The fraction of sp³-hybridized carbons (Fsp3) is 0.125. The van der Waals surface area contributed by atoms with Gasteiger partial charge in [0.25, 0.3) is 0 Å². The van der Waals surface area contributed by atoms with Crippen molar-refractivity contribution in [3.05, 3.63) is 152 Å². The van der Waals surface area contributed by atoms with Crippen molar-refractivity contribution in [3.8, 4) is 17.4 Å². The Morgan fingerprint density at radius 2 is 1.32 bits per heavy atom. The molecular weight excluding hydrogens is 516 g/mol. The second-order valence-corrected chi connectivity index (χ2v) is 9.62. The van der Waals surface area contributed by atoms with Crippen LogP contribution in [0.3, 0.4) is 0 Å². The Hall–Kier alpha value is -5.46. The topological polar surface area (TPSA) is 128 Å². The summed E-state index contributed by atoms with van der Waals surface area (Å²) in [6.07, 6.45) is 0.339. The van der Waals surface area contributed by atoms with Crippen molar-refractivity contribution in [1.82, 2.24) is 19.2 Å². The number of hydrogen-bond donors (Lipinski definition) is 2. The Balaban J connectivity index is 1.40. The summed E-state index contributed by atoms with van der Waals surface area (Å²) in [5, 5.41) is 12.4. The summed E-state index contributed by atoms with van der Waals surface area (Å²) < 4.78 is 3.96. The zero-order chi connectivity index (χ0) is 28.8. The van der Waals surface area contributed by atoms with E-state index >= 15 is 0 Å². The summed E-state index contributed by atoms with van der Waals surface area (Å²) in [5.41, 5.74) is 8.85. The van der Waals surface area contributed by atoms with Crippen LogP contribution in [0.5, 0.6) is 0 Å². The molecular formula is C32H28N6O3. The summed E-state index contributed by atoms with van der Waals surface area (Å²) in [4.78, 5) is 39.4. The summed E-state index contributed by atoms with van der Waals surface area (Å²) in [6, 6.07) is 34.1. The lowest BCUT2D eigenvalue weighted by molar-refractivity contribution is -0.120. The fourth-order valence-corrected chi connectivity index (χ4v) is 4.75. The number of para-hydroxylation sites is 2.